The molecule has 32 heavy (non-hydrogen) atoms. The van der Waals surface area contributed by atoms with Gasteiger partial charge in [0.05, 0.1) is 22.8 Å². The minimum absolute atomic E-state index is 0.125. The molecule has 166 valence electrons. The number of nitrogen functional groups attached to an aromatic ring is 1. The number of ether oxygens (including phenoxy) is 1. The summed E-state index contributed by atoms with van der Waals surface area (Å²) in [6, 6.07) is 16.7. The predicted octanol–water partition coefficient (Wildman–Crippen LogP) is 4.08. The molecule has 0 unspecified atom stereocenters. The molecule has 7 nitrogen and oxygen atoms in total. The number of rotatable bonds is 6. The van der Waals surface area contributed by atoms with Crippen LogP contribution in [0.5, 0.6) is 0 Å². The third kappa shape index (κ3) is 5.50. The average molecular weight is 433 g/mol. The van der Waals surface area contributed by atoms with Crippen molar-refractivity contribution in [2.75, 3.05) is 12.3 Å². The van der Waals surface area contributed by atoms with Crippen molar-refractivity contribution in [1.82, 2.24) is 5.32 Å². The smallest absolute Gasteiger partial charge is 0.445 e. The molecule has 1 heterocycles. The lowest BCUT2D eigenvalue weighted by molar-refractivity contribution is 0.00578. The Morgan fingerprint density at radius 1 is 1.16 bits per heavy atom. The minimum Gasteiger partial charge on any atom is -0.445 e. The highest BCUT2D eigenvalue weighted by molar-refractivity contribution is 6.56. The van der Waals surface area contributed by atoms with Gasteiger partial charge in [-0.2, -0.15) is 5.26 Å². The van der Waals surface area contributed by atoms with Gasteiger partial charge < -0.3 is 25.1 Å². The van der Waals surface area contributed by atoms with Crippen LogP contribution in [-0.4, -0.2) is 31.0 Å². The largest absolute Gasteiger partial charge is 0.492 e. The van der Waals surface area contributed by atoms with Crippen LogP contribution in [0.25, 0.3) is 6.08 Å². The van der Waals surface area contributed by atoms with E-state index in [0.29, 0.717) is 22.3 Å². The second kappa shape index (κ2) is 9.47. The molecule has 1 saturated heterocycles. The first-order chi connectivity index (χ1) is 15.1. The van der Waals surface area contributed by atoms with Crippen LogP contribution in [0.2, 0.25) is 0 Å². The molecule has 3 rings (SSSR count). The minimum atomic E-state index is -0.696. The monoisotopic (exact) mass is 433 g/mol. The van der Waals surface area contributed by atoms with Gasteiger partial charge in [0.2, 0.25) is 0 Å². The normalized spacial score (nSPS) is 17.0. The Hall–Kier alpha value is -3.28. The first kappa shape index (κ1) is 23.4. The summed E-state index contributed by atoms with van der Waals surface area (Å²) in [6.45, 7) is 8.11. The van der Waals surface area contributed by atoms with Crippen LogP contribution in [0.1, 0.15) is 44.4 Å². The summed E-state index contributed by atoms with van der Waals surface area (Å²) in [4.78, 5) is 12.3. The van der Waals surface area contributed by atoms with Crippen molar-refractivity contribution in [3.8, 4) is 6.07 Å². The van der Waals surface area contributed by atoms with Gasteiger partial charge >= 0.3 is 13.2 Å². The Morgan fingerprint density at radius 2 is 1.81 bits per heavy atom. The van der Waals surface area contributed by atoms with Crippen LogP contribution in [-0.2, 0) is 20.7 Å². The number of nitrogens with two attached hydrogens (primary N) is 1. The summed E-state index contributed by atoms with van der Waals surface area (Å²) in [5.74, 6) is 0. The molecule has 0 radical (unpaired) electrons. The van der Waals surface area contributed by atoms with Gasteiger partial charge in [0, 0.05) is 12.2 Å². The number of carbonyl (C=O) groups is 1. The molecular weight excluding hydrogens is 405 g/mol. The van der Waals surface area contributed by atoms with Crippen molar-refractivity contribution >= 4 is 25.0 Å². The van der Waals surface area contributed by atoms with Crippen LogP contribution >= 0.6 is 0 Å². The second-order valence-corrected chi connectivity index (χ2v) is 8.68. The Kier molecular flexibility index (Phi) is 6.92. The van der Waals surface area contributed by atoms with Gasteiger partial charge in [-0.15, -0.1) is 0 Å². The fourth-order valence-electron chi connectivity index (χ4n) is 3.14. The zero-order valence-corrected chi connectivity index (χ0v) is 18.8. The number of nitrogens with one attached hydrogen (secondary N) is 1. The topological polar surface area (TPSA) is 107 Å². The molecule has 0 spiro atoms. The quantitative estimate of drug-likeness (QED) is 0.525. The number of carbonyl (C=O) groups excluding carboxylic acids is 1. The highest BCUT2D eigenvalue weighted by atomic mass is 16.7. The highest BCUT2D eigenvalue weighted by Crippen LogP contribution is 2.38. The summed E-state index contributed by atoms with van der Waals surface area (Å²) in [6.07, 6.45) is 1.23. The zero-order valence-electron chi connectivity index (χ0n) is 18.8. The fourth-order valence-corrected chi connectivity index (χ4v) is 3.14. The number of hydrogen-bond acceptors (Lipinski definition) is 6. The highest BCUT2D eigenvalue weighted by Gasteiger charge is 2.52. The molecule has 3 N–H and O–H groups in total. The summed E-state index contributed by atoms with van der Waals surface area (Å²) in [5.41, 5.74) is 7.83. The number of nitriles is 1. The molecule has 2 aromatic rings. The Bertz CT molecular complexity index is 1030. The lowest BCUT2D eigenvalue weighted by Gasteiger charge is -2.32. The fraction of sp³-hybridized carbons (Fsp3) is 0.333. The van der Waals surface area contributed by atoms with Crippen molar-refractivity contribution < 1.29 is 18.8 Å². The van der Waals surface area contributed by atoms with Crippen molar-refractivity contribution in [3.63, 3.8) is 0 Å². The third-order valence-corrected chi connectivity index (χ3v) is 5.74. The van der Waals surface area contributed by atoms with E-state index in [4.69, 9.17) is 19.8 Å². The predicted molar refractivity (Wildman–Crippen MR) is 124 cm³/mol. The van der Waals surface area contributed by atoms with Gasteiger partial charge in [0.15, 0.2) is 0 Å². The number of hydrogen-bond donors (Lipinski definition) is 2. The van der Waals surface area contributed by atoms with Gasteiger partial charge in [0.1, 0.15) is 6.61 Å². The van der Waals surface area contributed by atoms with Crippen molar-refractivity contribution in [1.29, 1.82) is 5.26 Å². The summed E-state index contributed by atoms with van der Waals surface area (Å²) >= 11 is 0. The number of benzene rings is 2. The molecule has 1 amide bonds. The Labute approximate surface area is 189 Å². The van der Waals surface area contributed by atoms with Gasteiger partial charge in [-0.1, -0.05) is 42.5 Å². The Balaban J connectivity index is 1.78. The maximum atomic E-state index is 12.3. The summed E-state index contributed by atoms with van der Waals surface area (Å²) < 4.78 is 17.6. The molecule has 1 fully saturated rings. The van der Waals surface area contributed by atoms with Crippen LogP contribution in [0.3, 0.4) is 0 Å². The lowest BCUT2D eigenvalue weighted by Crippen LogP contribution is -2.41. The molecule has 1 aliphatic rings. The Morgan fingerprint density at radius 3 is 2.44 bits per heavy atom. The van der Waals surface area contributed by atoms with Crippen LogP contribution in [0, 0.1) is 11.3 Å². The van der Waals surface area contributed by atoms with Crippen molar-refractivity contribution in [3.05, 3.63) is 70.7 Å². The molecule has 0 aliphatic carbocycles. The molecule has 0 bridgehead atoms. The standard InChI is InChI=1S/C24H28BN3O4/c1-23(2)24(3,4)32-25(31-23)20(12-18-10-11-21(27)13-19(18)14-26)15-28-22(29)30-16-17-8-6-5-7-9-17/h5-13H,15-16,27H2,1-4H3,(H,28,29). The van der Waals surface area contributed by atoms with Gasteiger partial charge in [-0.3, -0.25) is 0 Å². The van der Waals surface area contributed by atoms with Crippen LogP contribution < -0.4 is 11.1 Å². The van der Waals surface area contributed by atoms with E-state index in [1.54, 1.807) is 24.3 Å². The molecule has 0 saturated carbocycles. The van der Waals surface area contributed by atoms with Crippen molar-refractivity contribution in [2.24, 2.45) is 0 Å². The van der Waals surface area contributed by atoms with E-state index in [-0.39, 0.29) is 13.2 Å². The van der Waals surface area contributed by atoms with E-state index in [0.717, 1.165) is 5.56 Å². The number of alkyl carbamates (subject to hydrolysis) is 1. The molecule has 2 aromatic carbocycles. The molecular formula is C24H28BN3O4. The number of nitrogens with zero attached hydrogens (tertiary/aromatic N) is 1. The molecule has 8 heteroatoms. The van der Waals surface area contributed by atoms with E-state index in [1.165, 1.54) is 0 Å². The second-order valence-electron chi connectivity index (χ2n) is 8.68. The van der Waals surface area contributed by atoms with E-state index in [2.05, 4.69) is 11.4 Å². The van der Waals surface area contributed by atoms with Crippen molar-refractivity contribution in [2.45, 2.75) is 45.5 Å². The number of amides is 1. The zero-order chi connectivity index (χ0) is 23.4. The molecule has 1 aliphatic heterocycles. The van der Waals surface area contributed by atoms with E-state index in [1.807, 2.05) is 58.0 Å². The van der Waals surface area contributed by atoms with Gasteiger partial charge in [0.25, 0.3) is 0 Å². The van der Waals surface area contributed by atoms with Gasteiger partial charge in [-0.05, 0) is 56.4 Å². The molecule has 0 atom stereocenters. The van der Waals surface area contributed by atoms with Gasteiger partial charge in [-0.25, -0.2) is 4.79 Å². The molecule has 0 aromatic heterocycles. The average Bonchev–Trinajstić information content (AvgIpc) is 2.97. The van der Waals surface area contributed by atoms with Crippen LogP contribution in [0.4, 0.5) is 10.5 Å². The van der Waals surface area contributed by atoms with Crippen LogP contribution in [0.15, 0.2) is 54.0 Å². The lowest BCUT2D eigenvalue weighted by atomic mass is 9.76. The first-order valence-electron chi connectivity index (χ1n) is 10.4. The maximum absolute atomic E-state index is 12.3. The summed E-state index contributed by atoms with van der Waals surface area (Å²) in [5, 5.41) is 12.3. The number of anilines is 1. The maximum Gasteiger partial charge on any atom is 0.492 e. The first-order valence-corrected chi connectivity index (χ1v) is 10.4. The van der Waals surface area contributed by atoms with E-state index >= 15 is 0 Å². The van der Waals surface area contributed by atoms with E-state index < -0.39 is 24.4 Å². The SMILES string of the molecule is CC1(C)OB(C(=Cc2ccc(N)cc2C#N)CNC(=O)OCc2ccccc2)OC1(C)C. The third-order valence-electron chi connectivity index (χ3n) is 5.74. The van der Waals surface area contributed by atoms with E-state index in [9.17, 15) is 10.1 Å². The summed E-state index contributed by atoms with van der Waals surface area (Å²) in [7, 11) is -0.696.